The highest BCUT2D eigenvalue weighted by Crippen LogP contribution is 2.23. The summed E-state index contributed by atoms with van der Waals surface area (Å²) in [5.41, 5.74) is 0.718. The molecule has 8 heteroatoms. The second kappa shape index (κ2) is 6.49. The molecule has 118 valence electrons. The number of aromatic nitrogens is 1. The molecular weight excluding hydrogens is 320 g/mol. The van der Waals surface area contributed by atoms with Crippen LogP contribution in [0.2, 0.25) is 0 Å². The molecule has 3 heterocycles. The van der Waals surface area contributed by atoms with Crippen molar-refractivity contribution in [1.29, 1.82) is 0 Å². The van der Waals surface area contributed by atoms with Crippen LogP contribution < -0.4 is 5.32 Å². The predicted octanol–water partition coefficient (Wildman–Crippen LogP) is 3.25. The number of hydrogen-bond acceptors (Lipinski definition) is 7. The van der Waals surface area contributed by atoms with Gasteiger partial charge in [0.05, 0.1) is 17.0 Å². The third-order valence-corrected chi connectivity index (χ3v) is 3.79. The van der Waals surface area contributed by atoms with E-state index in [0.717, 1.165) is 17.0 Å². The van der Waals surface area contributed by atoms with Gasteiger partial charge in [0, 0.05) is 6.07 Å². The Morgan fingerprint density at radius 3 is 2.91 bits per heavy atom. The third kappa shape index (κ3) is 3.67. The number of aryl methyl sites for hydroxylation is 1. The van der Waals surface area contributed by atoms with Crippen LogP contribution in [0.4, 0.5) is 5.00 Å². The van der Waals surface area contributed by atoms with Crippen LogP contribution in [0.25, 0.3) is 0 Å². The summed E-state index contributed by atoms with van der Waals surface area (Å²) in [5.74, 6) is -0.210. The van der Waals surface area contributed by atoms with Gasteiger partial charge in [0.15, 0.2) is 18.1 Å². The van der Waals surface area contributed by atoms with Crippen LogP contribution in [0.5, 0.6) is 0 Å². The van der Waals surface area contributed by atoms with Gasteiger partial charge in [0.1, 0.15) is 4.88 Å². The summed E-state index contributed by atoms with van der Waals surface area (Å²) in [4.78, 5) is 24.2. The van der Waals surface area contributed by atoms with Gasteiger partial charge in [-0.1, -0.05) is 5.16 Å². The van der Waals surface area contributed by atoms with Crippen LogP contribution in [-0.2, 0) is 11.3 Å². The zero-order chi connectivity index (χ0) is 16.2. The number of nitrogens with one attached hydrogen (secondary N) is 1. The Labute approximate surface area is 134 Å². The number of amides is 1. The lowest BCUT2D eigenvalue weighted by atomic mass is 10.4. The van der Waals surface area contributed by atoms with E-state index in [4.69, 9.17) is 13.7 Å². The lowest BCUT2D eigenvalue weighted by molar-refractivity contribution is 0.0443. The summed E-state index contributed by atoms with van der Waals surface area (Å²) < 4.78 is 15.1. The first-order valence-electron chi connectivity index (χ1n) is 6.66. The highest BCUT2D eigenvalue weighted by Gasteiger charge is 2.15. The van der Waals surface area contributed by atoms with Gasteiger partial charge in [0.2, 0.25) is 0 Å². The monoisotopic (exact) mass is 332 g/mol. The number of esters is 1. The fraction of sp³-hybridized carbons (Fsp3) is 0.133. The normalized spacial score (nSPS) is 10.5. The molecule has 0 aliphatic rings. The van der Waals surface area contributed by atoms with E-state index in [2.05, 4.69) is 10.5 Å². The molecule has 0 aliphatic heterocycles. The van der Waals surface area contributed by atoms with E-state index in [1.807, 2.05) is 0 Å². The number of rotatable bonds is 5. The first-order valence-corrected chi connectivity index (χ1v) is 7.47. The summed E-state index contributed by atoms with van der Waals surface area (Å²) in [6.45, 7) is 1.79. The van der Waals surface area contributed by atoms with Gasteiger partial charge in [-0.15, -0.1) is 11.3 Å². The van der Waals surface area contributed by atoms with Crippen LogP contribution in [0.15, 0.2) is 45.5 Å². The average Bonchev–Trinajstić information content (AvgIpc) is 3.26. The maximum atomic E-state index is 11.9. The van der Waals surface area contributed by atoms with Crippen LogP contribution in [-0.4, -0.2) is 17.0 Å². The zero-order valence-corrected chi connectivity index (χ0v) is 12.9. The maximum absolute atomic E-state index is 11.9. The second-order valence-corrected chi connectivity index (χ2v) is 5.69. The summed E-state index contributed by atoms with van der Waals surface area (Å²) in [6.07, 6.45) is 1.41. The van der Waals surface area contributed by atoms with E-state index in [-0.39, 0.29) is 18.3 Å². The number of carbonyl (C=O) groups excluding carboxylic acids is 2. The van der Waals surface area contributed by atoms with Crippen molar-refractivity contribution < 1.29 is 23.3 Å². The van der Waals surface area contributed by atoms with Crippen molar-refractivity contribution in [3.8, 4) is 0 Å². The lowest BCUT2D eigenvalue weighted by Crippen LogP contribution is -2.09. The molecule has 3 aromatic rings. The molecule has 0 atom stereocenters. The Bertz CT molecular complexity index is 819. The number of ether oxygens (including phenoxy) is 1. The standard InChI is InChI=1S/C15H12N2O5S/c1-9-7-10(22-17-9)8-21-15(19)12-4-5-13(23-12)16-14(18)11-3-2-6-20-11/h2-7H,8H2,1H3,(H,16,18). The largest absolute Gasteiger partial charge is 0.459 e. The molecule has 0 fully saturated rings. The van der Waals surface area contributed by atoms with E-state index in [1.54, 1.807) is 37.3 Å². The van der Waals surface area contributed by atoms with Crippen molar-refractivity contribution in [2.45, 2.75) is 13.5 Å². The van der Waals surface area contributed by atoms with Crippen LogP contribution in [0.1, 0.15) is 31.7 Å². The molecule has 0 bridgehead atoms. The molecule has 0 aromatic carbocycles. The van der Waals surface area contributed by atoms with E-state index in [1.165, 1.54) is 6.26 Å². The Hall–Kier alpha value is -2.87. The minimum atomic E-state index is -0.498. The Morgan fingerprint density at radius 1 is 1.35 bits per heavy atom. The molecule has 0 radical (unpaired) electrons. The second-order valence-electron chi connectivity index (χ2n) is 4.61. The van der Waals surface area contributed by atoms with Crippen LogP contribution >= 0.6 is 11.3 Å². The highest BCUT2D eigenvalue weighted by atomic mass is 32.1. The van der Waals surface area contributed by atoms with Gasteiger partial charge in [-0.2, -0.15) is 0 Å². The fourth-order valence-electron chi connectivity index (χ4n) is 1.79. The van der Waals surface area contributed by atoms with Crippen LogP contribution in [0.3, 0.4) is 0 Å². The molecule has 0 unspecified atom stereocenters. The summed E-state index contributed by atoms with van der Waals surface area (Å²) in [5, 5.41) is 6.88. The van der Waals surface area contributed by atoms with Gasteiger partial charge in [-0.25, -0.2) is 4.79 Å². The molecule has 0 spiro atoms. The number of hydrogen-bond donors (Lipinski definition) is 1. The zero-order valence-electron chi connectivity index (χ0n) is 12.1. The Kier molecular flexibility index (Phi) is 4.24. The minimum absolute atomic E-state index is 0.00562. The van der Waals surface area contributed by atoms with Crippen molar-refractivity contribution in [2.75, 3.05) is 5.32 Å². The first-order chi connectivity index (χ1) is 11.1. The number of nitrogens with zero attached hydrogens (tertiary/aromatic N) is 1. The van der Waals surface area contributed by atoms with Gasteiger partial charge in [0.25, 0.3) is 5.91 Å². The number of furan rings is 1. The molecule has 3 aromatic heterocycles. The quantitative estimate of drug-likeness (QED) is 0.721. The molecular formula is C15H12N2O5S. The van der Waals surface area contributed by atoms with Crippen molar-refractivity contribution in [2.24, 2.45) is 0 Å². The highest BCUT2D eigenvalue weighted by molar-refractivity contribution is 7.18. The van der Waals surface area contributed by atoms with Gasteiger partial charge in [-0.3, -0.25) is 4.79 Å². The molecule has 1 N–H and O–H groups in total. The molecule has 0 saturated carbocycles. The van der Waals surface area contributed by atoms with Crippen molar-refractivity contribution >= 4 is 28.2 Å². The average molecular weight is 332 g/mol. The van der Waals surface area contributed by atoms with Crippen molar-refractivity contribution in [3.05, 3.63) is 58.7 Å². The van der Waals surface area contributed by atoms with E-state index >= 15 is 0 Å². The predicted molar refractivity (Wildman–Crippen MR) is 81.3 cm³/mol. The fourth-order valence-corrected chi connectivity index (χ4v) is 2.58. The number of anilines is 1. The minimum Gasteiger partial charge on any atom is -0.459 e. The molecule has 23 heavy (non-hydrogen) atoms. The van der Waals surface area contributed by atoms with Crippen molar-refractivity contribution in [1.82, 2.24) is 5.16 Å². The van der Waals surface area contributed by atoms with Gasteiger partial charge >= 0.3 is 5.97 Å². The third-order valence-electron chi connectivity index (χ3n) is 2.81. The van der Waals surface area contributed by atoms with E-state index < -0.39 is 5.97 Å². The SMILES string of the molecule is Cc1cc(COC(=O)c2ccc(NC(=O)c3ccco3)s2)on1. The molecule has 0 saturated heterocycles. The maximum Gasteiger partial charge on any atom is 0.348 e. The summed E-state index contributed by atoms with van der Waals surface area (Å²) >= 11 is 1.11. The van der Waals surface area contributed by atoms with Crippen LogP contribution in [0, 0.1) is 6.92 Å². The topological polar surface area (TPSA) is 94.6 Å². The molecule has 0 aliphatic carbocycles. The summed E-state index contributed by atoms with van der Waals surface area (Å²) in [6, 6.07) is 8.07. The summed E-state index contributed by atoms with van der Waals surface area (Å²) in [7, 11) is 0. The van der Waals surface area contributed by atoms with E-state index in [0.29, 0.717) is 15.6 Å². The molecule has 1 amide bonds. The smallest absolute Gasteiger partial charge is 0.348 e. The Morgan fingerprint density at radius 2 is 2.22 bits per heavy atom. The number of carbonyl (C=O) groups is 2. The van der Waals surface area contributed by atoms with Gasteiger partial charge < -0.3 is 19.0 Å². The molecule has 3 rings (SSSR count). The lowest BCUT2D eigenvalue weighted by Gasteiger charge is -2.00. The van der Waals surface area contributed by atoms with E-state index in [9.17, 15) is 9.59 Å². The molecule has 7 nitrogen and oxygen atoms in total. The van der Waals surface area contributed by atoms with Gasteiger partial charge in [-0.05, 0) is 31.2 Å². The first kappa shape index (κ1) is 15.0. The Balaban J connectivity index is 1.57. The van der Waals surface area contributed by atoms with Crippen molar-refractivity contribution in [3.63, 3.8) is 0 Å². The number of thiophene rings is 1.